The molecule has 0 unspecified atom stereocenters. The number of pyridine rings is 1. The van der Waals surface area contributed by atoms with Gasteiger partial charge in [-0.05, 0) is 19.9 Å². The maximum atomic E-state index is 12.1. The van der Waals surface area contributed by atoms with Crippen LogP contribution in [0.15, 0.2) is 40.2 Å². The van der Waals surface area contributed by atoms with E-state index in [0.29, 0.717) is 16.5 Å². The summed E-state index contributed by atoms with van der Waals surface area (Å²) in [5, 5.41) is 1.25. The number of hydrogen-bond donors (Lipinski definition) is 0. The molecular formula is C13H12N2O2. The molecule has 4 nitrogen and oxygen atoms in total. The number of isocyanates is 1. The van der Waals surface area contributed by atoms with Gasteiger partial charge >= 0.3 is 0 Å². The van der Waals surface area contributed by atoms with Crippen LogP contribution >= 0.6 is 0 Å². The van der Waals surface area contributed by atoms with Crippen LogP contribution in [0.3, 0.4) is 0 Å². The van der Waals surface area contributed by atoms with Gasteiger partial charge in [-0.1, -0.05) is 18.2 Å². The van der Waals surface area contributed by atoms with Gasteiger partial charge in [-0.3, -0.25) is 4.79 Å². The zero-order valence-electron chi connectivity index (χ0n) is 9.68. The molecule has 0 spiro atoms. The van der Waals surface area contributed by atoms with Gasteiger partial charge in [-0.15, -0.1) is 0 Å². The highest BCUT2D eigenvalue weighted by atomic mass is 16.1. The second-order valence-corrected chi connectivity index (χ2v) is 4.07. The average Bonchev–Trinajstić information content (AvgIpc) is 2.33. The maximum Gasteiger partial charge on any atom is 0.258 e. The van der Waals surface area contributed by atoms with Crippen molar-refractivity contribution in [2.24, 2.45) is 4.99 Å². The highest BCUT2D eigenvalue weighted by Gasteiger charge is 2.09. The molecule has 0 fully saturated rings. The lowest BCUT2D eigenvalue weighted by Gasteiger charge is -2.12. The van der Waals surface area contributed by atoms with Crippen LogP contribution in [0, 0.1) is 0 Å². The van der Waals surface area contributed by atoms with Crippen LogP contribution in [0.1, 0.15) is 19.9 Å². The number of benzene rings is 1. The predicted octanol–water partition coefficient (Wildman–Crippen LogP) is 2.55. The molecule has 0 aliphatic carbocycles. The van der Waals surface area contributed by atoms with Crippen LogP contribution < -0.4 is 5.56 Å². The Kier molecular flexibility index (Phi) is 2.90. The van der Waals surface area contributed by atoms with E-state index in [2.05, 4.69) is 4.99 Å². The van der Waals surface area contributed by atoms with Crippen molar-refractivity contribution in [2.45, 2.75) is 19.9 Å². The van der Waals surface area contributed by atoms with Gasteiger partial charge in [0.05, 0.1) is 0 Å². The first kappa shape index (κ1) is 11.3. The van der Waals surface area contributed by atoms with Crippen molar-refractivity contribution < 1.29 is 4.79 Å². The minimum absolute atomic E-state index is 0.0210. The summed E-state index contributed by atoms with van der Waals surface area (Å²) in [4.78, 5) is 26.2. The summed E-state index contributed by atoms with van der Waals surface area (Å²) in [5.74, 6) is 0. The van der Waals surface area contributed by atoms with E-state index in [4.69, 9.17) is 0 Å². The second kappa shape index (κ2) is 4.36. The summed E-state index contributed by atoms with van der Waals surface area (Å²) in [5.41, 5.74) is 0.407. The number of aliphatic imine (C=N–C) groups is 1. The quantitative estimate of drug-likeness (QED) is 0.586. The summed E-state index contributed by atoms with van der Waals surface area (Å²) in [6.45, 7) is 3.81. The summed E-state index contributed by atoms with van der Waals surface area (Å²) in [7, 11) is 0. The molecule has 0 saturated carbocycles. The molecule has 0 bridgehead atoms. The predicted molar refractivity (Wildman–Crippen MR) is 66.4 cm³/mol. The third-order valence-electron chi connectivity index (χ3n) is 2.65. The standard InChI is InChI=1S/C13H12N2O2/c1-9(2)15-7-12(14-8-16)10-5-3-4-6-11(10)13(15)17/h3-7,9H,1-2H3. The lowest BCUT2D eigenvalue weighted by molar-refractivity contribution is 0.564. The molecule has 0 saturated heterocycles. The van der Waals surface area contributed by atoms with E-state index < -0.39 is 0 Å². The molecule has 2 aromatic rings. The third-order valence-corrected chi connectivity index (χ3v) is 2.65. The van der Waals surface area contributed by atoms with E-state index in [9.17, 15) is 9.59 Å². The van der Waals surface area contributed by atoms with Gasteiger partial charge in [-0.2, -0.15) is 4.99 Å². The number of rotatable bonds is 2. The van der Waals surface area contributed by atoms with Crippen molar-refractivity contribution in [3.63, 3.8) is 0 Å². The summed E-state index contributed by atoms with van der Waals surface area (Å²) in [6, 6.07) is 7.14. The molecule has 86 valence electrons. The highest BCUT2D eigenvalue weighted by molar-refractivity contribution is 5.92. The van der Waals surface area contributed by atoms with Crippen LogP contribution in [0.5, 0.6) is 0 Å². The van der Waals surface area contributed by atoms with Gasteiger partial charge in [0.2, 0.25) is 6.08 Å². The first-order chi connectivity index (χ1) is 8.15. The van der Waals surface area contributed by atoms with E-state index in [-0.39, 0.29) is 11.6 Å². The molecule has 0 aliphatic heterocycles. The minimum Gasteiger partial charge on any atom is -0.310 e. The fourth-order valence-corrected chi connectivity index (χ4v) is 1.81. The number of fused-ring (bicyclic) bond motifs is 1. The van der Waals surface area contributed by atoms with Gasteiger partial charge in [0.15, 0.2) is 0 Å². The molecule has 1 heterocycles. The number of aromatic nitrogens is 1. The van der Waals surface area contributed by atoms with E-state index in [1.165, 1.54) is 6.08 Å². The largest absolute Gasteiger partial charge is 0.310 e. The van der Waals surface area contributed by atoms with Gasteiger partial charge < -0.3 is 4.57 Å². The molecule has 1 aromatic heterocycles. The van der Waals surface area contributed by atoms with E-state index >= 15 is 0 Å². The number of carbonyl (C=O) groups excluding carboxylic acids is 1. The Hall–Kier alpha value is -2.19. The first-order valence-electron chi connectivity index (χ1n) is 5.37. The van der Waals surface area contributed by atoms with Crippen LogP contribution in [0.25, 0.3) is 10.8 Å². The van der Waals surface area contributed by atoms with Crippen molar-refractivity contribution in [1.82, 2.24) is 4.57 Å². The van der Waals surface area contributed by atoms with E-state index in [1.807, 2.05) is 19.9 Å². The van der Waals surface area contributed by atoms with Crippen molar-refractivity contribution in [2.75, 3.05) is 0 Å². The fraction of sp³-hybridized carbons (Fsp3) is 0.231. The molecule has 0 N–H and O–H groups in total. The van der Waals surface area contributed by atoms with Gasteiger partial charge in [0, 0.05) is 23.0 Å². The summed E-state index contributed by atoms with van der Waals surface area (Å²) >= 11 is 0. The molecule has 0 aliphatic rings. The summed E-state index contributed by atoms with van der Waals surface area (Å²) in [6.07, 6.45) is 3.12. The van der Waals surface area contributed by atoms with Crippen LogP contribution in [-0.4, -0.2) is 10.6 Å². The lowest BCUT2D eigenvalue weighted by atomic mass is 10.1. The average molecular weight is 228 g/mol. The van der Waals surface area contributed by atoms with Crippen molar-refractivity contribution in [3.05, 3.63) is 40.8 Å². The Labute approximate surface area is 98.2 Å². The Morgan fingerprint density at radius 2 is 1.88 bits per heavy atom. The number of hydrogen-bond acceptors (Lipinski definition) is 3. The molecule has 0 radical (unpaired) electrons. The SMILES string of the molecule is CC(C)n1cc(N=C=O)c2ccccc2c1=O. The lowest BCUT2D eigenvalue weighted by Crippen LogP contribution is -2.21. The molecule has 1 aromatic carbocycles. The Balaban J connectivity index is 2.94. The monoisotopic (exact) mass is 228 g/mol. The summed E-state index contributed by atoms with van der Waals surface area (Å²) < 4.78 is 1.57. The van der Waals surface area contributed by atoms with E-state index in [0.717, 1.165) is 0 Å². The normalized spacial score (nSPS) is 10.5. The molecule has 2 rings (SSSR count). The molecule has 0 atom stereocenters. The third kappa shape index (κ3) is 1.90. The minimum atomic E-state index is -0.0690. The van der Waals surface area contributed by atoms with Gasteiger partial charge in [-0.25, -0.2) is 4.79 Å². The van der Waals surface area contributed by atoms with Crippen molar-refractivity contribution >= 4 is 22.5 Å². The molecule has 4 heteroatoms. The Morgan fingerprint density at radius 1 is 1.24 bits per heavy atom. The van der Waals surface area contributed by atoms with Gasteiger partial charge in [0.25, 0.3) is 5.56 Å². The number of nitrogens with zero attached hydrogens (tertiary/aromatic N) is 2. The molecule has 17 heavy (non-hydrogen) atoms. The fourth-order valence-electron chi connectivity index (χ4n) is 1.81. The van der Waals surface area contributed by atoms with Crippen LogP contribution in [-0.2, 0) is 4.79 Å². The Morgan fingerprint density at radius 3 is 2.47 bits per heavy atom. The topological polar surface area (TPSA) is 51.4 Å². The zero-order chi connectivity index (χ0) is 12.4. The van der Waals surface area contributed by atoms with Crippen LogP contribution in [0.2, 0.25) is 0 Å². The van der Waals surface area contributed by atoms with Crippen molar-refractivity contribution in [1.29, 1.82) is 0 Å². The molecule has 0 amide bonds. The second-order valence-electron chi connectivity index (χ2n) is 4.07. The maximum absolute atomic E-state index is 12.1. The zero-order valence-corrected chi connectivity index (χ0v) is 9.68. The Bertz CT molecular complexity index is 665. The van der Waals surface area contributed by atoms with Gasteiger partial charge in [0.1, 0.15) is 5.69 Å². The molecular weight excluding hydrogens is 216 g/mol. The smallest absolute Gasteiger partial charge is 0.258 e. The highest BCUT2D eigenvalue weighted by Crippen LogP contribution is 2.23. The van der Waals surface area contributed by atoms with Crippen LogP contribution in [0.4, 0.5) is 5.69 Å². The first-order valence-corrected chi connectivity index (χ1v) is 5.37. The van der Waals surface area contributed by atoms with Crippen molar-refractivity contribution in [3.8, 4) is 0 Å². The van der Waals surface area contributed by atoms with E-state index in [1.54, 1.807) is 29.0 Å².